The zero-order valence-corrected chi connectivity index (χ0v) is 11.5. The Kier molecular flexibility index (Phi) is 4.20. The van der Waals surface area contributed by atoms with E-state index in [9.17, 15) is 0 Å². The third-order valence-corrected chi connectivity index (χ3v) is 5.15. The Morgan fingerprint density at radius 3 is 3.11 bits per heavy atom. The lowest BCUT2D eigenvalue weighted by Crippen LogP contribution is -2.28. The van der Waals surface area contributed by atoms with E-state index in [0.29, 0.717) is 5.92 Å². The van der Waals surface area contributed by atoms with E-state index >= 15 is 0 Å². The van der Waals surface area contributed by atoms with Crippen molar-refractivity contribution < 1.29 is 4.52 Å². The van der Waals surface area contributed by atoms with Crippen molar-refractivity contribution in [2.75, 3.05) is 24.6 Å². The molecule has 1 aromatic heterocycles. The van der Waals surface area contributed by atoms with Crippen molar-refractivity contribution in [3.8, 4) is 0 Å². The molecule has 0 saturated carbocycles. The molecule has 1 N–H and O–H groups in total. The second-order valence-electron chi connectivity index (χ2n) is 5.38. The van der Waals surface area contributed by atoms with Gasteiger partial charge in [0.15, 0.2) is 5.82 Å². The van der Waals surface area contributed by atoms with Crippen LogP contribution in [0.5, 0.6) is 0 Å². The molecule has 2 fully saturated rings. The Morgan fingerprint density at radius 2 is 2.33 bits per heavy atom. The molecule has 3 rings (SSSR count). The van der Waals surface area contributed by atoms with Gasteiger partial charge in [0.05, 0.1) is 0 Å². The molecule has 2 saturated heterocycles. The Balaban J connectivity index is 1.58. The predicted molar refractivity (Wildman–Crippen MR) is 72.9 cm³/mol. The van der Waals surface area contributed by atoms with Crippen molar-refractivity contribution in [3.05, 3.63) is 11.7 Å². The van der Waals surface area contributed by atoms with Crippen molar-refractivity contribution in [3.63, 3.8) is 0 Å². The van der Waals surface area contributed by atoms with Crippen LogP contribution in [0.15, 0.2) is 4.52 Å². The fraction of sp³-hybridized carbons (Fsp3) is 0.846. The molecule has 0 aromatic carbocycles. The van der Waals surface area contributed by atoms with Crippen LogP contribution < -0.4 is 5.32 Å². The van der Waals surface area contributed by atoms with Crippen LogP contribution in [0.3, 0.4) is 0 Å². The van der Waals surface area contributed by atoms with Crippen LogP contribution in [0.4, 0.5) is 0 Å². The maximum atomic E-state index is 5.42. The van der Waals surface area contributed by atoms with E-state index in [1.807, 2.05) is 0 Å². The highest BCUT2D eigenvalue weighted by Crippen LogP contribution is 2.26. The van der Waals surface area contributed by atoms with Crippen molar-refractivity contribution in [2.24, 2.45) is 5.92 Å². The second-order valence-corrected chi connectivity index (χ2v) is 6.53. The van der Waals surface area contributed by atoms with Gasteiger partial charge in [0.2, 0.25) is 5.89 Å². The molecule has 1 aromatic rings. The maximum Gasteiger partial charge on any atom is 0.226 e. The molecule has 0 aliphatic carbocycles. The van der Waals surface area contributed by atoms with Crippen LogP contribution in [0, 0.1) is 5.92 Å². The lowest BCUT2D eigenvalue weighted by Gasteiger charge is -2.19. The van der Waals surface area contributed by atoms with E-state index in [2.05, 4.69) is 27.2 Å². The molecule has 0 bridgehead atoms. The van der Waals surface area contributed by atoms with Gasteiger partial charge in [-0.1, -0.05) is 5.16 Å². The molecular formula is C13H21N3OS. The number of nitrogens with zero attached hydrogens (tertiary/aromatic N) is 2. The Labute approximate surface area is 112 Å². The fourth-order valence-electron chi connectivity index (χ4n) is 2.80. The van der Waals surface area contributed by atoms with Crippen molar-refractivity contribution in [1.82, 2.24) is 15.5 Å². The van der Waals surface area contributed by atoms with Gasteiger partial charge in [-0.2, -0.15) is 16.7 Å². The first kappa shape index (κ1) is 12.5. The molecule has 0 amide bonds. The number of hydrogen-bond donors (Lipinski definition) is 1. The number of thioether (sulfide) groups is 1. The molecule has 5 heteroatoms. The van der Waals surface area contributed by atoms with Gasteiger partial charge in [-0.25, -0.2) is 0 Å². The average molecular weight is 267 g/mol. The monoisotopic (exact) mass is 267 g/mol. The van der Waals surface area contributed by atoms with Gasteiger partial charge in [0.1, 0.15) is 0 Å². The van der Waals surface area contributed by atoms with E-state index in [1.165, 1.54) is 37.2 Å². The molecule has 4 nitrogen and oxygen atoms in total. The van der Waals surface area contributed by atoms with Gasteiger partial charge in [-0.15, -0.1) is 0 Å². The first-order valence-corrected chi connectivity index (χ1v) is 8.18. The summed E-state index contributed by atoms with van der Waals surface area (Å²) in [5.74, 6) is 5.53. The highest BCUT2D eigenvalue weighted by atomic mass is 32.2. The molecule has 2 aliphatic heterocycles. The minimum absolute atomic E-state index is 0.456. The Hall–Kier alpha value is -0.550. The summed E-state index contributed by atoms with van der Waals surface area (Å²) in [6.07, 6.45) is 6.03. The second kappa shape index (κ2) is 6.06. The minimum atomic E-state index is 0.456. The molecule has 0 spiro atoms. The Morgan fingerprint density at radius 1 is 1.33 bits per heavy atom. The number of aromatic nitrogens is 2. The largest absolute Gasteiger partial charge is 0.339 e. The van der Waals surface area contributed by atoms with Gasteiger partial charge in [-0.3, -0.25) is 0 Å². The highest BCUT2D eigenvalue weighted by molar-refractivity contribution is 7.99. The van der Waals surface area contributed by atoms with Crippen LogP contribution >= 0.6 is 11.8 Å². The minimum Gasteiger partial charge on any atom is -0.339 e. The molecule has 2 unspecified atom stereocenters. The van der Waals surface area contributed by atoms with Crippen LogP contribution in [-0.4, -0.2) is 34.7 Å². The van der Waals surface area contributed by atoms with E-state index < -0.39 is 0 Å². The van der Waals surface area contributed by atoms with E-state index in [4.69, 9.17) is 4.52 Å². The zero-order valence-electron chi connectivity index (χ0n) is 10.7. The molecule has 100 valence electrons. The summed E-state index contributed by atoms with van der Waals surface area (Å²) in [6, 6.07) is 0. The number of piperidine rings is 1. The van der Waals surface area contributed by atoms with Crippen LogP contribution in [0.1, 0.15) is 43.3 Å². The summed E-state index contributed by atoms with van der Waals surface area (Å²) in [5.41, 5.74) is 0. The topological polar surface area (TPSA) is 51.0 Å². The lowest BCUT2D eigenvalue weighted by atomic mass is 9.99. The van der Waals surface area contributed by atoms with E-state index in [0.717, 1.165) is 37.1 Å². The van der Waals surface area contributed by atoms with Gasteiger partial charge in [0, 0.05) is 18.9 Å². The normalized spacial score (nSPS) is 29.3. The maximum absolute atomic E-state index is 5.42. The summed E-state index contributed by atoms with van der Waals surface area (Å²) in [7, 11) is 0. The van der Waals surface area contributed by atoms with Crippen molar-refractivity contribution in [1.29, 1.82) is 0 Å². The van der Waals surface area contributed by atoms with Gasteiger partial charge in [0.25, 0.3) is 0 Å². The first-order chi connectivity index (χ1) is 8.92. The smallest absolute Gasteiger partial charge is 0.226 e. The molecule has 3 heterocycles. The summed E-state index contributed by atoms with van der Waals surface area (Å²) < 4.78 is 5.42. The average Bonchev–Trinajstić information content (AvgIpc) is 2.89. The molecule has 2 aliphatic rings. The standard InChI is InChI=1S/C13H21N3OS/c1-4-11(8-14-5-1)13-15-12(17-16-13)7-10-3-2-6-18-9-10/h10-11,14H,1-9H2. The summed E-state index contributed by atoms with van der Waals surface area (Å²) in [5, 5.41) is 7.57. The number of hydrogen-bond acceptors (Lipinski definition) is 5. The van der Waals surface area contributed by atoms with E-state index in [-0.39, 0.29) is 0 Å². The molecular weight excluding hydrogens is 246 g/mol. The molecule has 0 radical (unpaired) electrons. The van der Waals surface area contributed by atoms with Crippen molar-refractivity contribution >= 4 is 11.8 Å². The highest BCUT2D eigenvalue weighted by Gasteiger charge is 2.22. The quantitative estimate of drug-likeness (QED) is 0.910. The Bertz CT molecular complexity index is 370. The van der Waals surface area contributed by atoms with Crippen LogP contribution in [0.25, 0.3) is 0 Å². The predicted octanol–water partition coefficient (Wildman–Crippen LogP) is 2.22. The zero-order chi connectivity index (χ0) is 12.2. The summed E-state index contributed by atoms with van der Waals surface area (Å²) >= 11 is 2.06. The van der Waals surface area contributed by atoms with E-state index in [1.54, 1.807) is 0 Å². The third kappa shape index (κ3) is 3.06. The molecule has 2 atom stereocenters. The summed E-state index contributed by atoms with van der Waals surface area (Å²) in [4.78, 5) is 4.60. The fourth-order valence-corrected chi connectivity index (χ4v) is 3.96. The van der Waals surface area contributed by atoms with Gasteiger partial charge in [-0.05, 0) is 49.7 Å². The summed E-state index contributed by atoms with van der Waals surface area (Å²) in [6.45, 7) is 2.12. The molecule has 18 heavy (non-hydrogen) atoms. The number of rotatable bonds is 3. The number of nitrogens with one attached hydrogen (secondary N) is 1. The third-order valence-electron chi connectivity index (χ3n) is 3.86. The lowest BCUT2D eigenvalue weighted by molar-refractivity contribution is 0.342. The van der Waals surface area contributed by atoms with Crippen LogP contribution in [0.2, 0.25) is 0 Å². The van der Waals surface area contributed by atoms with Gasteiger partial charge < -0.3 is 9.84 Å². The van der Waals surface area contributed by atoms with Crippen molar-refractivity contribution in [2.45, 2.75) is 38.0 Å². The SMILES string of the molecule is C1CSCC(Cc2nc(C3CCCNC3)no2)C1. The first-order valence-electron chi connectivity index (χ1n) is 7.03. The van der Waals surface area contributed by atoms with Gasteiger partial charge >= 0.3 is 0 Å². The van der Waals surface area contributed by atoms with Crippen LogP contribution in [-0.2, 0) is 6.42 Å².